The first-order valence-electron chi connectivity index (χ1n) is 10.6. The van der Waals surface area contributed by atoms with E-state index in [1.807, 2.05) is 13.0 Å². The molecule has 3 aromatic rings. The molecule has 0 saturated heterocycles. The van der Waals surface area contributed by atoms with E-state index in [0.29, 0.717) is 0 Å². The average Bonchev–Trinajstić information content (AvgIpc) is 2.79. The zero-order chi connectivity index (χ0) is 22.3. The Morgan fingerprint density at radius 1 is 0.806 bits per heavy atom. The zero-order valence-electron chi connectivity index (χ0n) is 18.5. The summed E-state index contributed by atoms with van der Waals surface area (Å²) < 4.78 is 0. The van der Waals surface area contributed by atoms with E-state index in [0.717, 1.165) is 11.7 Å². The van der Waals surface area contributed by atoms with Gasteiger partial charge in [0.05, 0.1) is 11.8 Å². The highest BCUT2D eigenvalue weighted by Crippen LogP contribution is 2.55. The molecule has 0 spiro atoms. The van der Waals surface area contributed by atoms with E-state index in [2.05, 4.69) is 97.1 Å². The quantitative estimate of drug-likeness (QED) is 0.404. The molecular weight excluding hydrogens is 399 g/mol. The van der Waals surface area contributed by atoms with Crippen molar-refractivity contribution in [1.29, 1.82) is 0 Å². The van der Waals surface area contributed by atoms with Crippen LogP contribution in [0, 0.1) is 0 Å². The minimum atomic E-state index is -1.91. The number of hydrogen-bond acceptors (Lipinski definition) is 2. The molecule has 2 nitrogen and oxygen atoms in total. The third kappa shape index (κ3) is 5.60. The van der Waals surface area contributed by atoms with Crippen molar-refractivity contribution >= 4 is 23.2 Å². The zero-order valence-corrected chi connectivity index (χ0v) is 19.4. The number of rotatable bonds is 8. The number of benzene rings is 3. The first-order chi connectivity index (χ1) is 14.8. The summed E-state index contributed by atoms with van der Waals surface area (Å²) in [5.74, 6) is 0. The Morgan fingerprint density at radius 3 is 1.55 bits per heavy atom. The second-order valence-electron chi connectivity index (χ2n) is 8.40. The summed E-state index contributed by atoms with van der Waals surface area (Å²) in [6, 6.07) is 32.3. The van der Waals surface area contributed by atoms with Crippen molar-refractivity contribution in [2.24, 2.45) is 0 Å². The second kappa shape index (κ2) is 10.2. The van der Waals surface area contributed by atoms with Crippen LogP contribution in [0.4, 0.5) is 0 Å². The fourth-order valence-corrected chi connectivity index (χ4v) is 7.77. The Morgan fingerprint density at radius 2 is 1.19 bits per heavy atom. The van der Waals surface area contributed by atoms with Gasteiger partial charge in [0.15, 0.2) is 0 Å². The lowest BCUT2D eigenvalue weighted by Crippen LogP contribution is -2.34. The van der Waals surface area contributed by atoms with Crippen LogP contribution < -0.4 is 15.9 Å². The fraction of sp³-hybridized carbons (Fsp3) is 0.214. The van der Waals surface area contributed by atoms with Gasteiger partial charge in [0.1, 0.15) is 29.3 Å². The van der Waals surface area contributed by atoms with Crippen LogP contribution in [0.3, 0.4) is 0 Å². The number of hydrogen-bond donors (Lipinski definition) is 2. The Kier molecular flexibility index (Phi) is 7.62. The topological polar surface area (TPSA) is 40.5 Å². The number of allylic oxidation sites excluding steroid dienone is 3. The Balaban J connectivity index is 2.09. The maximum atomic E-state index is 10.1. The van der Waals surface area contributed by atoms with Crippen molar-refractivity contribution in [3.05, 3.63) is 115 Å². The summed E-state index contributed by atoms with van der Waals surface area (Å²) in [5.41, 5.74) is -0.0958. The maximum absolute atomic E-state index is 10.1. The summed E-state index contributed by atoms with van der Waals surface area (Å²) in [6.07, 6.45) is 5.79. The van der Waals surface area contributed by atoms with E-state index in [-0.39, 0.29) is 0 Å². The van der Waals surface area contributed by atoms with E-state index < -0.39 is 19.0 Å². The molecule has 0 fully saturated rings. The largest absolute Gasteiger partial charge is 0.387 e. The highest BCUT2D eigenvalue weighted by atomic mass is 31.2. The van der Waals surface area contributed by atoms with Gasteiger partial charge in [0, 0.05) is 0 Å². The van der Waals surface area contributed by atoms with Gasteiger partial charge in [0.2, 0.25) is 0 Å². The monoisotopic (exact) mass is 431 g/mol. The molecule has 0 radical (unpaired) electrons. The van der Waals surface area contributed by atoms with E-state index in [9.17, 15) is 10.2 Å². The van der Waals surface area contributed by atoms with Gasteiger partial charge < -0.3 is 10.2 Å². The van der Waals surface area contributed by atoms with Gasteiger partial charge in [-0.25, -0.2) is 0 Å². The first kappa shape index (κ1) is 23.2. The van der Waals surface area contributed by atoms with Crippen LogP contribution in [0.5, 0.6) is 0 Å². The fourth-order valence-electron chi connectivity index (χ4n) is 3.64. The molecule has 31 heavy (non-hydrogen) atoms. The second-order valence-corrected chi connectivity index (χ2v) is 11.9. The molecule has 0 amide bonds. The van der Waals surface area contributed by atoms with Gasteiger partial charge in [-0.05, 0) is 63.2 Å². The molecule has 3 heteroatoms. The molecule has 3 rings (SSSR count). The van der Waals surface area contributed by atoms with Crippen LogP contribution in [0.1, 0.15) is 20.8 Å². The summed E-state index contributed by atoms with van der Waals surface area (Å²) in [4.78, 5) is 0. The van der Waals surface area contributed by atoms with Crippen molar-refractivity contribution in [2.75, 3.05) is 6.16 Å². The lowest BCUT2D eigenvalue weighted by Gasteiger charge is -2.26. The summed E-state index contributed by atoms with van der Waals surface area (Å²) in [7, 11) is -1.91. The summed E-state index contributed by atoms with van der Waals surface area (Å²) in [5, 5.41) is 24.2. The van der Waals surface area contributed by atoms with Crippen LogP contribution in [-0.2, 0) is 0 Å². The molecule has 2 N–H and O–H groups in total. The SMILES string of the molecule is CC(/C=C/[C@@H](O)C(C)(C)O)=C\C[P+](c1ccccc1)(c1ccccc1)c1ccccc1. The average molecular weight is 432 g/mol. The van der Waals surface area contributed by atoms with Gasteiger partial charge in [-0.2, -0.15) is 0 Å². The van der Waals surface area contributed by atoms with Crippen LogP contribution in [0.2, 0.25) is 0 Å². The highest BCUT2D eigenvalue weighted by Gasteiger charge is 2.44. The minimum Gasteiger partial charge on any atom is -0.387 e. The predicted octanol–water partition coefficient (Wildman–Crippen LogP) is 4.61. The highest BCUT2D eigenvalue weighted by molar-refractivity contribution is 7.95. The first-order valence-corrected chi connectivity index (χ1v) is 12.6. The van der Waals surface area contributed by atoms with Crippen LogP contribution in [-0.4, -0.2) is 28.1 Å². The molecule has 0 unspecified atom stereocenters. The molecule has 0 saturated carbocycles. The van der Waals surface area contributed by atoms with Crippen molar-refractivity contribution in [3.63, 3.8) is 0 Å². The Hall–Kier alpha value is -2.51. The van der Waals surface area contributed by atoms with Crippen molar-refractivity contribution in [3.8, 4) is 0 Å². The van der Waals surface area contributed by atoms with Gasteiger partial charge in [-0.1, -0.05) is 72.3 Å². The van der Waals surface area contributed by atoms with Gasteiger partial charge in [-0.3, -0.25) is 0 Å². The molecule has 0 aliphatic rings. The molecule has 3 aromatic carbocycles. The predicted molar refractivity (Wildman–Crippen MR) is 135 cm³/mol. The van der Waals surface area contributed by atoms with Crippen molar-refractivity contribution < 1.29 is 10.2 Å². The molecular formula is C28H32O2P+. The van der Waals surface area contributed by atoms with Crippen LogP contribution >= 0.6 is 7.26 Å². The normalized spacial score (nSPS) is 14.0. The molecule has 1 atom stereocenters. The van der Waals surface area contributed by atoms with E-state index in [1.165, 1.54) is 15.9 Å². The molecule has 0 heterocycles. The minimum absolute atomic E-state index is 0.875. The molecule has 0 aliphatic heterocycles. The Bertz CT molecular complexity index is 906. The van der Waals surface area contributed by atoms with Crippen LogP contribution in [0.15, 0.2) is 115 Å². The van der Waals surface area contributed by atoms with Crippen LogP contribution in [0.25, 0.3) is 0 Å². The lowest BCUT2D eigenvalue weighted by atomic mass is 10.0. The van der Waals surface area contributed by atoms with Gasteiger partial charge >= 0.3 is 0 Å². The molecule has 160 valence electrons. The number of aliphatic hydroxyl groups excluding tert-OH is 1. The summed E-state index contributed by atoms with van der Waals surface area (Å²) in [6.45, 7) is 5.26. The van der Waals surface area contributed by atoms with Gasteiger partial charge in [-0.15, -0.1) is 0 Å². The maximum Gasteiger partial charge on any atom is 0.115 e. The molecule has 0 aliphatic carbocycles. The standard InChI is InChI=1S/C28H32O2P/c1-23(19-20-27(29)28(2,3)30)21-22-31(24-13-7-4-8-14-24,25-15-9-5-10-16-25)26-17-11-6-12-18-26/h4-21,27,29-30H,22H2,1-3H3/q+1/b20-19+,23-21+/t27-/m1/s1. The van der Waals surface area contributed by atoms with E-state index in [4.69, 9.17) is 0 Å². The summed E-state index contributed by atoms with van der Waals surface area (Å²) >= 11 is 0. The van der Waals surface area contributed by atoms with E-state index in [1.54, 1.807) is 19.9 Å². The van der Waals surface area contributed by atoms with Crippen molar-refractivity contribution in [2.45, 2.75) is 32.5 Å². The Labute approximate surface area is 186 Å². The third-order valence-corrected chi connectivity index (χ3v) is 9.81. The van der Waals surface area contributed by atoms with E-state index >= 15 is 0 Å². The smallest absolute Gasteiger partial charge is 0.115 e. The third-order valence-electron chi connectivity index (χ3n) is 5.54. The molecule has 0 aromatic heterocycles. The van der Waals surface area contributed by atoms with Gasteiger partial charge in [0.25, 0.3) is 0 Å². The van der Waals surface area contributed by atoms with Crippen molar-refractivity contribution in [1.82, 2.24) is 0 Å². The lowest BCUT2D eigenvalue weighted by molar-refractivity contribution is -0.0226. The number of aliphatic hydroxyl groups is 2. The molecule has 0 bridgehead atoms.